The smallest absolute Gasteiger partial charge is 0.108 e. The third-order valence-corrected chi connectivity index (χ3v) is 2.10. The molecule has 0 heterocycles. The van der Waals surface area contributed by atoms with Crippen molar-refractivity contribution in [2.75, 3.05) is 13.2 Å². The fourth-order valence-electron chi connectivity index (χ4n) is 1.39. The number of aliphatic hydroxyl groups excluding tert-OH is 3. The van der Waals surface area contributed by atoms with Gasteiger partial charge in [-0.25, -0.2) is 0 Å². The maximum Gasteiger partial charge on any atom is 0.108 e. The second kappa shape index (κ2) is 4.15. The molecule has 0 aromatic carbocycles. The first-order chi connectivity index (χ1) is 5.66. The Bertz CT molecular complexity index is 143. The zero-order valence-corrected chi connectivity index (χ0v) is 6.76. The third kappa shape index (κ3) is 1.94. The lowest BCUT2D eigenvalue weighted by atomic mass is 10.2. The molecule has 0 aromatic rings. The SMILES string of the molecule is N[C@@H]1CC(OCCO)[C@@H](O)[C@H]1O. The maximum atomic E-state index is 9.32. The normalized spacial score (nSPS) is 42.0. The van der Waals surface area contributed by atoms with Crippen LogP contribution in [0.15, 0.2) is 0 Å². The van der Waals surface area contributed by atoms with Crippen molar-refractivity contribution in [3.8, 4) is 0 Å². The molecule has 1 fully saturated rings. The van der Waals surface area contributed by atoms with E-state index in [9.17, 15) is 10.2 Å². The molecule has 5 N–H and O–H groups in total. The minimum atomic E-state index is -0.924. The van der Waals surface area contributed by atoms with E-state index in [4.69, 9.17) is 15.6 Å². The van der Waals surface area contributed by atoms with Gasteiger partial charge in [-0.1, -0.05) is 0 Å². The van der Waals surface area contributed by atoms with Gasteiger partial charge < -0.3 is 25.8 Å². The highest BCUT2D eigenvalue weighted by molar-refractivity contribution is 4.94. The number of nitrogens with two attached hydrogens (primary N) is 1. The van der Waals surface area contributed by atoms with E-state index in [2.05, 4.69) is 0 Å². The molecule has 12 heavy (non-hydrogen) atoms. The van der Waals surface area contributed by atoms with Crippen LogP contribution in [-0.4, -0.2) is 52.9 Å². The van der Waals surface area contributed by atoms with Gasteiger partial charge in [0.1, 0.15) is 6.10 Å². The molecule has 0 amide bonds. The van der Waals surface area contributed by atoms with Crippen molar-refractivity contribution in [3.05, 3.63) is 0 Å². The van der Waals surface area contributed by atoms with Gasteiger partial charge in [-0.15, -0.1) is 0 Å². The summed E-state index contributed by atoms with van der Waals surface area (Å²) < 4.78 is 5.07. The first-order valence-electron chi connectivity index (χ1n) is 4.01. The Morgan fingerprint density at radius 1 is 1.33 bits per heavy atom. The van der Waals surface area contributed by atoms with Crippen molar-refractivity contribution in [2.45, 2.75) is 30.8 Å². The fraction of sp³-hybridized carbons (Fsp3) is 1.00. The Labute approximate surface area is 70.8 Å². The van der Waals surface area contributed by atoms with Crippen LogP contribution < -0.4 is 5.73 Å². The predicted molar refractivity (Wildman–Crippen MR) is 41.4 cm³/mol. The monoisotopic (exact) mass is 177 g/mol. The Kier molecular flexibility index (Phi) is 3.42. The minimum absolute atomic E-state index is 0.0887. The van der Waals surface area contributed by atoms with E-state index in [-0.39, 0.29) is 13.2 Å². The van der Waals surface area contributed by atoms with Crippen LogP contribution in [0, 0.1) is 0 Å². The van der Waals surface area contributed by atoms with Gasteiger partial charge in [-0.2, -0.15) is 0 Å². The Morgan fingerprint density at radius 2 is 2.00 bits per heavy atom. The Morgan fingerprint density at radius 3 is 2.42 bits per heavy atom. The van der Waals surface area contributed by atoms with Crippen LogP contribution in [0.25, 0.3) is 0 Å². The standard InChI is InChI=1S/C7H15NO4/c8-4-3-5(12-2-1-9)7(11)6(4)10/h4-7,9-11H,1-3,8H2/t4-,5?,6+,7-/m1/s1. The lowest BCUT2D eigenvalue weighted by molar-refractivity contribution is -0.0615. The van der Waals surface area contributed by atoms with E-state index in [0.717, 1.165) is 0 Å². The molecule has 1 aliphatic rings. The van der Waals surface area contributed by atoms with Crippen LogP contribution in [0.4, 0.5) is 0 Å². The van der Waals surface area contributed by atoms with Gasteiger partial charge in [0.25, 0.3) is 0 Å². The molecule has 0 aliphatic heterocycles. The molecular weight excluding hydrogens is 162 g/mol. The van der Waals surface area contributed by atoms with E-state index in [1.165, 1.54) is 0 Å². The third-order valence-electron chi connectivity index (χ3n) is 2.10. The van der Waals surface area contributed by atoms with Crippen LogP contribution in [0.2, 0.25) is 0 Å². The fourth-order valence-corrected chi connectivity index (χ4v) is 1.39. The molecule has 1 rings (SSSR count). The number of ether oxygens (including phenoxy) is 1. The van der Waals surface area contributed by atoms with Gasteiger partial charge >= 0.3 is 0 Å². The zero-order chi connectivity index (χ0) is 9.14. The largest absolute Gasteiger partial charge is 0.394 e. The number of hydrogen-bond acceptors (Lipinski definition) is 5. The summed E-state index contributed by atoms with van der Waals surface area (Å²) in [5.41, 5.74) is 5.48. The molecule has 0 radical (unpaired) electrons. The summed E-state index contributed by atoms with van der Waals surface area (Å²) in [4.78, 5) is 0. The lowest BCUT2D eigenvalue weighted by Gasteiger charge is -2.16. The Hall–Kier alpha value is -0.200. The predicted octanol–water partition coefficient (Wildman–Crippen LogP) is -2.18. The summed E-state index contributed by atoms with van der Waals surface area (Å²) in [6, 6.07) is -0.427. The van der Waals surface area contributed by atoms with Crippen LogP contribution in [0.1, 0.15) is 6.42 Å². The zero-order valence-electron chi connectivity index (χ0n) is 6.76. The second-order valence-electron chi connectivity index (χ2n) is 3.01. The van der Waals surface area contributed by atoms with Crippen LogP contribution >= 0.6 is 0 Å². The molecule has 0 saturated heterocycles. The summed E-state index contributed by atoms with van der Waals surface area (Å²) in [6.07, 6.45) is -1.84. The van der Waals surface area contributed by atoms with E-state index in [0.29, 0.717) is 6.42 Å². The van der Waals surface area contributed by atoms with Crippen molar-refractivity contribution in [2.24, 2.45) is 5.73 Å². The van der Waals surface area contributed by atoms with Crippen molar-refractivity contribution in [1.82, 2.24) is 0 Å². The summed E-state index contributed by atoms with van der Waals surface area (Å²) in [5.74, 6) is 0. The average Bonchev–Trinajstić information content (AvgIpc) is 2.30. The molecule has 5 nitrogen and oxygen atoms in total. The van der Waals surface area contributed by atoms with E-state index in [1.54, 1.807) is 0 Å². The van der Waals surface area contributed by atoms with Gasteiger partial charge in [-0.05, 0) is 6.42 Å². The highest BCUT2D eigenvalue weighted by Crippen LogP contribution is 2.21. The average molecular weight is 177 g/mol. The van der Waals surface area contributed by atoms with Gasteiger partial charge in [0, 0.05) is 6.04 Å². The first-order valence-corrected chi connectivity index (χ1v) is 4.01. The van der Waals surface area contributed by atoms with E-state index >= 15 is 0 Å². The highest BCUT2D eigenvalue weighted by atomic mass is 16.5. The minimum Gasteiger partial charge on any atom is -0.394 e. The summed E-state index contributed by atoms with van der Waals surface area (Å²) in [7, 11) is 0. The van der Waals surface area contributed by atoms with E-state index in [1.807, 2.05) is 0 Å². The molecule has 1 unspecified atom stereocenters. The Balaban J connectivity index is 2.36. The van der Waals surface area contributed by atoms with E-state index < -0.39 is 24.4 Å². The van der Waals surface area contributed by atoms with Gasteiger partial charge in [-0.3, -0.25) is 0 Å². The molecule has 0 spiro atoms. The van der Waals surface area contributed by atoms with Gasteiger partial charge in [0.2, 0.25) is 0 Å². The maximum absolute atomic E-state index is 9.32. The first kappa shape index (κ1) is 9.88. The molecule has 1 saturated carbocycles. The lowest BCUT2D eigenvalue weighted by Crippen LogP contribution is -2.36. The molecule has 5 heteroatoms. The van der Waals surface area contributed by atoms with Crippen molar-refractivity contribution >= 4 is 0 Å². The van der Waals surface area contributed by atoms with Crippen molar-refractivity contribution in [3.63, 3.8) is 0 Å². The topological polar surface area (TPSA) is 95.9 Å². The highest BCUT2D eigenvalue weighted by Gasteiger charge is 2.39. The molecule has 0 aromatic heterocycles. The van der Waals surface area contributed by atoms with Crippen molar-refractivity contribution < 1.29 is 20.1 Å². The molecule has 1 aliphatic carbocycles. The summed E-state index contributed by atoms with van der Waals surface area (Å²) in [5, 5.41) is 27.0. The number of aliphatic hydroxyl groups is 3. The molecule has 0 bridgehead atoms. The second-order valence-corrected chi connectivity index (χ2v) is 3.01. The van der Waals surface area contributed by atoms with Crippen LogP contribution in [0.5, 0.6) is 0 Å². The summed E-state index contributed by atoms with van der Waals surface area (Å²) >= 11 is 0. The number of rotatable bonds is 3. The number of hydrogen-bond donors (Lipinski definition) is 4. The van der Waals surface area contributed by atoms with Gasteiger partial charge in [0.05, 0.1) is 25.4 Å². The van der Waals surface area contributed by atoms with Crippen molar-refractivity contribution in [1.29, 1.82) is 0 Å². The van der Waals surface area contributed by atoms with Crippen LogP contribution in [0.3, 0.4) is 0 Å². The van der Waals surface area contributed by atoms with Crippen LogP contribution in [-0.2, 0) is 4.74 Å². The molecular formula is C7H15NO4. The van der Waals surface area contributed by atoms with Gasteiger partial charge in [0.15, 0.2) is 0 Å². The summed E-state index contributed by atoms with van der Waals surface area (Å²) in [6.45, 7) is 0.0791. The molecule has 72 valence electrons. The quantitative estimate of drug-likeness (QED) is 0.393. The molecule has 4 atom stereocenters.